The van der Waals surface area contributed by atoms with Crippen molar-refractivity contribution in [3.8, 4) is 6.07 Å². The molecule has 2 atom stereocenters. The summed E-state index contributed by atoms with van der Waals surface area (Å²) >= 11 is 12.3. The maximum atomic E-state index is 14.2. The summed E-state index contributed by atoms with van der Waals surface area (Å²) in [5.74, 6) is -1.82. The van der Waals surface area contributed by atoms with E-state index in [9.17, 15) is 19.6 Å². The summed E-state index contributed by atoms with van der Waals surface area (Å²) < 4.78 is 5.19. The molecule has 2 aliphatic heterocycles. The van der Waals surface area contributed by atoms with E-state index in [1.165, 1.54) is 29.2 Å². The average Bonchev–Trinajstić information content (AvgIpc) is 3.53. The van der Waals surface area contributed by atoms with E-state index in [1.54, 1.807) is 31.3 Å². The van der Waals surface area contributed by atoms with Crippen LogP contribution in [0.15, 0.2) is 53.1 Å². The van der Waals surface area contributed by atoms with Gasteiger partial charge in [-0.15, -0.1) is 0 Å². The molecule has 1 N–H and O–H groups in total. The van der Waals surface area contributed by atoms with E-state index in [-0.39, 0.29) is 34.5 Å². The van der Waals surface area contributed by atoms with Crippen LogP contribution in [0.5, 0.6) is 0 Å². The molecule has 1 spiro atoms. The monoisotopic (exact) mass is 539 g/mol. The molecule has 0 saturated carbocycles. The van der Waals surface area contributed by atoms with Crippen molar-refractivity contribution < 1.29 is 24.0 Å². The van der Waals surface area contributed by atoms with Gasteiger partial charge < -0.3 is 14.5 Å². The predicted molar refractivity (Wildman–Crippen MR) is 132 cm³/mol. The van der Waals surface area contributed by atoms with Gasteiger partial charge in [-0.3, -0.25) is 9.69 Å². The highest BCUT2D eigenvalue weighted by Gasteiger charge is 2.64. The maximum absolute atomic E-state index is 14.2. The average molecular weight is 540 g/mol. The van der Waals surface area contributed by atoms with Crippen LogP contribution in [0.25, 0.3) is 0 Å². The number of rotatable bonds is 5. The van der Waals surface area contributed by atoms with Crippen LogP contribution < -0.4 is 4.90 Å². The Labute approximate surface area is 221 Å². The molecule has 1 aromatic heterocycles. The van der Waals surface area contributed by atoms with E-state index < -0.39 is 29.4 Å². The first-order valence-corrected chi connectivity index (χ1v) is 11.9. The number of halogens is 2. The van der Waals surface area contributed by atoms with E-state index in [1.807, 2.05) is 4.90 Å². The molecule has 0 radical (unpaired) electrons. The van der Waals surface area contributed by atoms with Crippen molar-refractivity contribution in [1.29, 1.82) is 5.26 Å². The van der Waals surface area contributed by atoms with Crippen molar-refractivity contribution in [2.24, 2.45) is 0 Å². The third-order valence-electron chi connectivity index (χ3n) is 6.84. The van der Waals surface area contributed by atoms with Crippen LogP contribution in [-0.4, -0.2) is 63.6 Å². The van der Waals surface area contributed by atoms with Gasteiger partial charge in [-0.2, -0.15) is 5.26 Å². The number of carboxylic acids is 1. The molecule has 3 aromatic rings. The minimum absolute atomic E-state index is 0.145. The lowest BCUT2D eigenvalue weighted by molar-refractivity contribution is -0.124. The molecule has 2 aromatic carbocycles. The van der Waals surface area contributed by atoms with Crippen LogP contribution >= 0.6 is 23.2 Å². The van der Waals surface area contributed by atoms with Gasteiger partial charge in [0.05, 0.1) is 23.9 Å². The Morgan fingerprint density at radius 3 is 2.46 bits per heavy atom. The van der Waals surface area contributed by atoms with Gasteiger partial charge in [0.2, 0.25) is 0 Å². The molecule has 2 fully saturated rings. The third kappa shape index (κ3) is 4.11. The molecule has 188 valence electrons. The predicted octanol–water partition coefficient (Wildman–Crippen LogP) is 3.99. The number of aromatic nitrogens is 1. The van der Waals surface area contributed by atoms with Crippen LogP contribution in [0.4, 0.5) is 10.5 Å². The number of carboxylic acid groups (broad SMARTS) is 1. The van der Waals surface area contributed by atoms with Crippen LogP contribution in [0.2, 0.25) is 10.0 Å². The number of hydrogen-bond donors (Lipinski definition) is 1. The number of carbonyl (C=O) groups excluding carboxylic acids is 2. The molecule has 3 amide bonds. The summed E-state index contributed by atoms with van der Waals surface area (Å²) in [7, 11) is 1.57. The van der Waals surface area contributed by atoms with Gasteiger partial charge in [0.25, 0.3) is 5.91 Å². The van der Waals surface area contributed by atoms with Crippen LogP contribution in [-0.2, 0) is 11.3 Å². The summed E-state index contributed by atoms with van der Waals surface area (Å²) in [6.45, 7) is 0.669. The van der Waals surface area contributed by atoms with E-state index in [2.05, 4.69) is 11.2 Å². The fourth-order valence-electron chi connectivity index (χ4n) is 5.12. The number of carbonyl (C=O) groups is 3. The van der Waals surface area contributed by atoms with Crippen LogP contribution in [0.1, 0.15) is 33.3 Å². The van der Waals surface area contributed by atoms with Crippen molar-refractivity contribution in [1.82, 2.24) is 15.0 Å². The molecule has 2 aliphatic rings. The molecule has 0 bridgehead atoms. The van der Waals surface area contributed by atoms with Gasteiger partial charge >= 0.3 is 12.0 Å². The van der Waals surface area contributed by atoms with E-state index >= 15 is 0 Å². The Morgan fingerprint density at radius 1 is 1.19 bits per heavy atom. The van der Waals surface area contributed by atoms with Crippen LogP contribution in [0, 0.1) is 11.3 Å². The third-order valence-corrected chi connectivity index (χ3v) is 7.27. The Balaban J connectivity index is 1.56. The van der Waals surface area contributed by atoms with Gasteiger partial charge in [0.15, 0.2) is 11.5 Å². The summed E-state index contributed by atoms with van der Waals surface area (Å²) in [6.07, 6.45) is 0. The number of benzene rings is 2. The number of urea groups is 1. The maximum Gasteiger partial charge on any atom is 0.358 e. The second-order valence-electron chi connectivity index (χ2n) is 8.97. The molecule has 37 heavy (non-hydrogen) atoms. The smallest absolute Gasteiger partial charge is 0.358 e. The molecular weight excluding hydrogens is 521 g/mol. The lowest BCUT2D eigenvalue weighted by Crippen LogP contribution is -2.53. The molecule has 2 unspecified atom stereocenters. The number of hydrogen-bond acceptors (Lipinski definition) is 7. The Kier molecular flexibility index (Phi) is 6.15. The Bertz CT molecular complexity index is 1450. The Morgan fingerprint density at radius 2 is 1.86 bits per heavy atom. The highest BCUT2D eigenvalue weighted by Crippen LogP contribution is 2.47. The molecule has 2 saturated heterocycles. The number of nitrogens with zero attached hydrogens (tertiary/aromatic N) is 5. The number of anilines is 1. The number of likely N-dealkylation sites (tertiary alicyclic amines) is 1. The standard InChI is InChI=1S/C25H19Cl2N5O5/c1-30-24(36)32(18-7-16(26)6-17(27)8-18)23(35)25(30)13-31(11-19-9-21(22(33)34)29-37-19)12-20(25)15-4-2-14(10-28)3-5-15/h2-9,20H,11-13H2,1H3,(H,33,34). The molecule has 5 rings (SSSR count). The number of nitriles is 1. The SMILES string of the molecule is CN1C(=O)N(c2cc(Cl)cc(Cl)c2)C(=O)C12CN(Cc1cc(C(=O)O)no1)CC2c1ccc(C#N)cc1. The summed E-state index contributed by atoms with van der Waals surface area (Å²) in [5.41, 5.74) is -0.0251. The fraction of sp³-hybridized carbons (Fsp3) is 0.240. The van der Waals surface area contributed by atoms with Gasteiger partial charge in [-0.1, -0.05) is 40.5 Å². The lowest BCUT2D eigenvalue weighted by Gasteiger charge is -2.34. The van der Waals surface area contributed by atoms with Crippen molar-refractivity contribution in [2.45, 2.75) is 18.0 Å². The molecule has 0 aliphatic carbocycles. The first kappa shape index (κ1) is 24.8. The summed E-state index contributed by atoms with van der Waals surface area (Å²) in [6, 6.07) is 14.3. The topological polar surface area (TPSA) is 131 Å². The normalized spacial score (nSPS) is 21.7. The van der Waals surface area contributed by atoms with E-state index in [0.29, 0.717) is 17.9 Å². The first-order chi connectivity index (χ1) is 17.6. The van der Waals surface area contributed by atoms with E-state index in [4.69, 9.17) is 32.8 Å². The highest BCUT2D eigenvalue weighted by atomic mass is 35.5. The lowest BCUT2D eigenvalue weighted by atomic mass is 9.80. The quantitative estimate of drug-likeness (QED) is 0.481. The molecule has 12 heteroatoms. The molecule has 3 heterocycles. The number of imide groups is 1. The van der Waals surface area contributed by atoms with Gasteiger partial charge in [0, 0.05) is 42.2 Å². The molecular formula is C25H19Cl2N5O5. The van der Waals surface area contributed by atoms with Crippen LogP contribution in [0.3, 0.4) is 0 Å². The highest BCUT2D eigenvalue weighted by molar-refractivity contribution is 6.35. The second kappa shape index (κ2) is 9.19. The zero-order valence-corrected chi connectivity index (χ0v) is 20.9. The van der Waals surface area contributed by atoms with E-state index in [0.717, 1.165) is 10.5 Å². The van der Waals surface area contributed by atoms with Gasteiger partial charge in [0.1, 0.15) is 5.54 Å². The zero-order chi connectivity index (χ0) is 26.5. The largest absolute Gasteiger partial charge is 0.476 e. The summed E-state index contributed by atoms with van der Waals surface area (Å²) in [5, 5.41) is 22.5. The fourth-order valence-corrected chi connectivity index (χ4v) is 5.64. The Hall–Kier alpha value is -3.91. The second-order valence-corrected chi connectivity index (χ2v) is 9.85. The minimum Gasteiger partial charge on any atom is -0.476 e. The first-order valence-electron chi connectivity index (χ1n) is 11.1. The van der Waals surface area contributed by atoms with Crippen molar-refractivity contribution in [3.63, 3.8) is 0 Å². The van der Waals surface area contributed by atoms with Crippen molar-refractivity contribution >= 4 is 46.8 Å². The number of aromatic carboxylic acids is 1. The summed E-state index contributed by atoms with van der Waals surface area (Å²) in [4.78, 5) is 43.3. The number of likely N-dealkylation sites (N-methyl/N-ethyl adjacent to an activating group) is 1. The van der Waals surface area contributed by atoms with Gasteiger partial charge in [-0.05, 0) is 35.9 Å². The minimum atomic E-state index is -1.30. The molecule has 10 nitrogen and oxygen atoms in total. The van der Waals surface area contributed by atoms with Gasteiger partial charge in [-0.25, -0.2) is 14.5 Å². The number of amides is 3. The zero-order valence-electron chi connectivity index (χ0n) is 19.4. The van der Waals surface area contributed by atoms with Crippen molar-refractivity contribution in [3.05, 3.63) is 81.2 Å². The van der Waals surface area contributed by atoms with Crippen molar-refractivity contribution in [2.75, 3.05) is 25.0 Å².